The standard InChI is InChI=1S/C34H34N4O8/c1-43-29-9-25-27(35-13-21-7-23(39)15-37(21)33(25)41)11-31(29)45-17-19-4-3-5-20(6-19)18-46-32-12-28-26(10-30(32)44-2)34(42)38-16-24(40)8-22(38)14-36-28/h3-6,9-14,21-24,39-40H,7-8,15-18H2,1-2H3. The Morgan fingerprint density at radius 1 is 0.696 bits per heavy atom. The summed E-state index contributed by atoms with van der Waals surface area (Å²) in [6.07, 6.45) is 3.20. The Morgan fingerprint density at radius 3 is 1.59 bits per heavy atom. The van der Waals surface area contributed by atoms with E-state index in [1.165, 1.54) is 14.2 Å². The molecule has 7 rings (SSSR count). The lowest BCUT2D eigenvalue weighted by Gasteiger charge is -2.20. The van der Waals surface area contributed by atoms with Crippen molar-refractivity contribution in [2.24, 2.45) is 9.98 Å². The predicted octanol–water partition coefficient (Wildman–Crippen LogP) is 3.44. The largest absolute Gasteiger partial charge is 0.493 e. The summed E-state index contributed by atoms with van der Waals surface area (Å²) in [5.41, 5.74) is 3.56. The molecule has 12 nitrogen and oxygen atoms in total. The molecule has 2 saturated heterocycles. The second-order valence-corrected chi connectivity index (χ2v) is 11.8. The summed E-state index contributed by atoms with van der Waals surface area (Å²) in [6, 6.07) is 14.0. The number of carbonyl (C=O) groups is 2. The third-order valence-corrected chi connectivity index (χ3v) is 8.74. The molecule has 0 aliphatic carbocycles. The van der Waals surface area contributed by atoms with Gasteiger partial charge in [0.1, 0.15) is 13.2 Å². The maximum Gasteiger partial charge on any atom is 0.256 e. The first-order valence-corrected chi connectivity index (χ1v) is 15.1. The average Bonchev–Trinajstić information content (AvgIpc) is 3.57. The number of amides is 2. The van der Waals surface area contributed by atoms with Gasteiger partial charge < -0.3 is 39.0 Å². The van der Waals surface area contributed by atoms with Gasteiger partial charge in [0, 0.05) is 50.5 Å². The summed E-state index contributed by atoms with van der Waals surface area (Å²) >= 11 is 0. The van der Waals surface area contributed by atoms with Gasteiger partial charge >= 0.3 is 0 Å². The van der Waals surface area contributed by atoms with Crippen molar-refractivity contribution in [2.45, 2.75) is 50.3 Å². The van der Waals surface area contributed by atoms with Crippen LogP contribution in [0.25, 0.3) is 0 Å². The molecule has 2 fully saturated rings. The Balaban J connectivity index is 1.05. The van der Waals surface area contributed by atoms with Crippen molar-refractivity contribution in [1.29, 1.82) is 0 Å². The number of carbonyl (C=O) groups excluding carboxylic acids is 2. The Morgan fingerprint density at radius 2 is 1.15 bits per heavy atom. The number of ether oxygens (including phenoxy) is 4. The molecule has 4 unspecified atom stereocenters. The smallest absolute Gasteiger partial charge is 0.256 e. The lowest BCUT2D eigenvalue weighted by atomic mass is 10.1. The molecule has 4 aliphatic rings. The number of hydrogen-bond acceptors (Lipinski definition) is 10. The number of benzene rings is 3. The van der Waals surface area contributed by atoms with Gasteiger partial charge in [0.25, 0.3) is 11.8 Å². The number of nitrogens with zero attached hydrogens (tertiary/aromatic N) is 4. The van der Waals surface area contributed by atoms with E-state index in [4.69, 9.17) is 18.9 Å². The average molecular weight is 627 g/mol. The van der Waals surface area contributed by atoms with E-state index in [1.807, 2.05) is 24.3 Å². The summed E-state index contributed by atoms with van der Waals surface area (Å²) in [5.74, 6) is 1.33. The van der Waals surface area contributed by atoms with E-state index < -0.39 is 12.2 Å². The molecule has 46 heavy (non-hydrogen) atoms. The SMILES string of the molecule is COc1cc2c(cc1OCc1cccc(COc3cc4c(cc3OC)C(=O)N3CC(O)CC3C=N4)c1)N=CC1CC(O)CN1C2=O. The van der Waals surface area contributed by atoms with Crippen LogP contribution in [-0.2, 0) is 13.2 Å². The highest BCUT2D eigenvalue weighted by Crippen LogP contribution is 2.40. The Labute approximate surface area is 265 Å². The van der Waals surface area contributed by atoms with Gasteiger partial charge in [-0.3, -0.25) is 19.6 Å². The highest BCUT2D eigenvalue weighted by molar-refractivity contribution is 6.04. The lowest BCUT2D eigenvalue weighted by Crippen LogP contribution is -2.35. The lowest BCUT2D eigenvalue weighted by molar-refractivity contribution is 0.0743. The van der Waals surface area contributed by atoms with Crippen molar-refractivity contribution in [3.05, 3.63) is 70.8 Å². The fraction of sp³-hybridized carbons (Fsp3) is 0.353. The zero-order chi connectivity index (χ0) is 31.9. The predicted molar refractivity (Wildman–Crippen MR) is 168 cm³/mol. The molecule has 2 N–H and O–H groups in total. The van der Waals surface area contributed by atoms with Crippen LogP contribution in [0.5, 0.6) is 23.0 Å². The highest BCUT2D eigenvalue weighted by atomic mass is 16.5. The minimum Gasteiger partial charge on any atom is -0.493 e. The van der Waals surface area contributed by atoms with Crippen LogP contribution < -0.4 is 18.9 Å². The summed E-state index contributed by atoms with van der Waals surface area (Å²) in [5, 5.41) is 20.1. The van der Waals surface area contributed by atoms with Gasteiger partial charge in [-0.2, -0.15) is 0 Å². The van der Waals surface area contributed by atoms with Crippen molar-refractivity contribution in [3.8, 4) is 23.0 Å². The normalized spacial score (nSPS) is 22.9. The Kier molecular flexibility index (Phi) is 7.83. The molecule has 0 radical (unpaired) electrons. The first-order valence-electron chi connectivity index (χ1n) is 15.1. The molecule has 0 bridgehead atoms. The second-order valence-electron chi connectivity index (χ2n) is 11.8. The third kappa shape index (κ3) is 5.54. The molecule has 0 aromatic heterocycles. The maximum atomic E-state index is 13.2. The van der Waals surface area contributed by atoms with Crippen LogP contribution in [0.4, 0.5) is 11.4 Å². The number of aliphatic hydroxyl groups excluding tert-OH is 2. The van der Waals surface area contributed by atoms with Gasteiger partial charge in [-0.1, -0.05) is 18.2 Å². The Bertz CT molecular complexity index is 1630. The van der Waals surface area contributed by atoms with Gasteiger partial charge in [0.2, 0.25) is 0 Å². The number of hydrogen-bond donors (Lipinski definition) is 2. The van der Waals surface area contributed by atoms with Crippen molar-refractivity contribution >= 4 is 35.6 Å². The van der Waals surface area contributed by atoms with E-state index in [9.17, 15) is 19.8 Å². The molecular formula is C34H34N4O8. The van der Waals surface area contributed by atoms with Crippen LogP contribution in [0.2, 0.25) is 0 Å². The van der Waals surface area contributed by atoms with Crippen LogP contribution in [0.15, 0.2) is 58.5 Å². The van der Waals surface area contributed by atoms with Gasteiger partial charge in [-0.25, -0.2) is 0 Å². The molecule has 238 valence electrons. The topological polar surface area (TPSA) is 143 Å². The second kappa shape index (κ2) is 12.1. The molecule has 2 amide bonds. The van der Waals surface area contributed by atoms with Gasteiger partial charge in [-0.15, -0.1) is 0 Å². The third-order valence-electron chi connectivity index (χ3n) is 8.74. The molecular weight excluding hydrogens is 592 g/mol. The van der Waals surface area contributed by atoms with Crippen LogP contribution in [0.3, 0.4) is 0 Å². The van der Waals surface area contributed by atoms with Gasteiger partial charge in [-0.05, 0) is 29.3 Å². The molecule has 12 heteroatoms. The van der Waals surface area contributed by atoms with Crippen LogP contribution in [-0.4, -0.2) is 95.9 Å². The van der Waals surface area contributed by atoms with Crippen LogP contribution in [0, 0.1) is 0 Å². The van der Waals surface area contributed by atoms with E-state index in [1.54, 1.807) is 46.5 Å². The zero-order valence-electron chi connectivity index (χ0n) is 25.5. The minimum absolute atomic E-state index is 0.198. The number of rotatable bonds is 8. The monoisotopic (exact) mass is 626 g/mol. The Hall–Kier alpha value is -4.94. The highest BCUT2D eigenvalue weighted by Gasteiger charge is 2.38. The molecule has 3 aromatic rings. The summed E-state index contributed by atoms with van der Waals surface area (Å²) < 4.78 is 23.4. The molecule has 4 heterocycles. The number of aliphatic imine (C=N–C) groups is 2. The molecule has 0 saturated carbocycles. The minimum atomic E-state index is -0.563. The fourth-order valence-electron chi connectivity index (χ4n) is 6.41. The molecule has 4 atom stereocenters. The van der Waals surface area contributed by atoms with Crippen molar-refractivity contribution < 1.29 is 38.7 Å². The van der Waals surface area contributed by atoms with Crippen molar-refractivity contribution in [3.63, 3.8) is 0 Å². The quantitative estimate of drug-likeness (QED) is 0.387. The van der Waals surface area contributed by atoms with E-state index in [0.717, 1.165) is 11.1 Å². The first kappa shape index (κ1) is 29.8. The fourth-order valence-corrected chi connectivity index (χ4v) is 6.41. The maximum absolute atomic E-state index is 13.2. The summed E-state index contributed by atoms with van der Waals surface area (Å²) in [4.78, 5) is 38.8. The first-order chi connectivity index (χ1) is 22.3. The molecule has 3 aromatic carbocycles. The van der Waals surface area contributed by atoms with Gasteiger partial charge in [0.05, 0.1) is 61.0 Å². The number of fused-ring (bicyclic) bond motifs is 4. The van der Waals surface area contributed by atoms with Crippen molar-refractivity contribution in [2.75, 3.05) is 27.3 Å². The summed E-state index contributed by atoms with van der Waals surface area (Å²) in [6.45, 7) is 1.00. The van der Waals surface area contributed by atoms with E-state index >= 15 is 0 Å². The van der Waals surface area contributed by atoms with Crippen LogP contribution in [0.1, 0.15) is 44.7 Å². The van der Waals surface area contributed by atoms with Crippen molar-refractivity contribution in [1.82, 2.24) is 9.80 Å². The zero-order valence-corrected chi connectivity index (χ0v) is 25.5. The number of aliphatic hydroxyl groups is 2. The number of methoxy groups -OCH3 is 2. The van der Waals surface area contributed by atoms with Gasteiger partial charge in [0.15, 0.2) is 23.0 Å². The van der Waals surface area contributed by atoms with E-state index in [2.05, 4.69) is 9.98 Å². The molecule has 0 spiro atoms. The van der Waals surface area contributed by atoms with E-state index in [0.29, 0.717) is 58.3 Å². The summed E-state index contributed by atoms with van der Waals surface area (Å²) in [7, 11) is 3.04. The van der Waals surface area contributed by atoms with Crippen LogP contribution >= 0.6 is 0 Å². The van der Waals surface area contributed by atoms with E-state index in [-0.39, 0.29) is 50.2 Å². The molecule has 4 aliphatic heterocycles.